The monoisotopic (exact) mass is 237 g/mol. The Bertz CT molecular complexity index is 315. The molecule has 0 aliphatic carbocycles. The molecule has 96 valence electrons. The number of hydrogen-bond acceptors (Lipinski definition) is 3. The van der Waals surface area contributed by atoms with Gasteiger partial charge in [-0.25, -0.2) is 0 Å². The summed E-state index contributed by atoms with van der Waals surface area (Å²) in [6, 6.07) is 8.00. The lowest BCUT2D eigenvalue weighted by molar-refractivity contribution is 0.0993. The lowest BCUT2D eigenvalue weighted by atomic mass is 10.1. The molecule has 0 fully saturated rings. The minimum absolute atomic E-state index is 0.368. The third-order valence-corrected chi connectivity index (χ3v) is 2.63. The molecular formula is C14H23NO2. The van der Waals surface area contributed by atoms with Gasteiger partial charge in [0, 0.05) is 0 Å². The van der Waals surface area contributed by atoms with Gasteiger partial charge < -0.3 is 15.6 Å². The second-order valence-electron chi connectivity index (χ2n) is 4.29. The molecule has 0 unspecified atom stereocenters. The van der Waals surface area contributed by atoms with Crippen LogP contribution in [0, 0.1) is 0 Å². The van der Waals surface area contributed by atoms with Gasteiger partial charge in [0.2, 0.25) is 0 Å². The van der Waals surface area contributed by atoms with Crippen molar-refractivity contribution in [1.29, 1.82) is 0 Å². The van der Waals surface area contributed by atoms with Gasteiger partial charge in [0.1, 0.15) is 12.4 Å². The zero-order valence-corrected chi connectivity index (χ0v) is 10.6. The molecule has 3 heteroatoms. The molecule has 0 aliphatic heterocycles. The topological polar surface area (TPSA) is 55.5 Å². The first kappa shape index (κ1) is 14.0. The summed E-state index contributed by atoms with van der Waals surface area (Å²) in [5.41, 5.74) is 6.72. The smallest absolute Gasteiger partial charge is 0.119 e. The Kier molecular flexibility index (Phi) is 6.67. The Morgan fingerprint density at radius 1 is 1.41 bits per heavy atom. The Hall–Kier alpha value is -1.06. The molecule has 0 heterocycles. The van der Waals surface area contributed by atoms with E-state index in [2.05, 4.69) is 13.0 Å². The maximum atomic E-state index is 9.58. The lowest BCUT2D eigenvalue weighted by Crippen LogP contribution is -2.16. The molecule has 3 nitrogen and oxygen atoms in total. The Balaban J connectivity index is 2.42. The molecule has 0 bridgehead atoms. The predicted octanol–water partition coefficient (Wildman–Crippen LogP) is 2.12. The minimum Gasteiger partial charge on any atom is -0.491 e. The fourth-order valence-corrected chi connectivity index (χ4v) is 1.71. The average molecular weight is 237 g/mol. The van der Waals surface area contributed by atoms with Gasteiger partial charge >= 0.3 is 0 Å². The molecule has 17 heavy (non-hydrogen) atoms. The standard InChI is InChI=1S/C14H23NO2/c1-2-5-13(16)11-17-14-8-3-6-12(10-14)7-4-9-15/h3,6,8,10,13,16H,2,4-5,7,9,11,15H2,1H3/t13-/m0/s1. The van der Waals surface area contributed by atoms with E-state index in [0.29, 0.717) is 13.2 Å². The fourth-order valence-electron chi connectivity index (χ4n) is 1.71. The number of benzene rings is 1. The van der Waals surface area contributed by atoms with Crippen molar-refractivity contribution in [1.82, 2.24) is 0 Å². The predicted molar refractivity (Wildman–Crippen MR) is 70.2 cm³/mol. The SMILES string of the molecule is CCC[C@H](O)COc1cccc(CCCN)c1. The first-order valence-corrected chi connectivity index (χ1v) is 6.36. The molecule has 0 amide bonds. The second kappa shape index (κ2) is 8.09. The molecule has 1 atom stereocenters. The van der Waals surface area contributed by atoms with Crippen LogP contribution < -0.4 is 10.5 Å². The zero-order valence-electron chi connectivity index (χ0n) is 10.6. The van der Waals surface area contributed by atoms with Crippen molar-refractivity contribution in [2.45, 2.75) is 38.7 Å². The lowest BCUT2D eigenvalue weighted by Gasteiger charge is -2.12. The minimum atomic E-state index is -0.368. The molecule has 0 spiro atoms. The quantitative estimate of drug-likeness (QED) is 0.728. The molecular weight excluding hydrogens is 214 g/mol. The number of aliphatic hydroxyl groups excluding tert-OH is 1. The highest BCUT2D eigenvalue weighted by Crippen LogP contribution is 2.15. The Morgan fingerprint density at radius 2 is 2.24 bits per heavy atom. The molecule has 0 aromatic heterocycles. The van der Waals surface area contributed by atoms with E-state index in [1.807, 2.05) is 18.2 Å². The van der Waals surface area contributed by atoms with Gasteiger partial charge in [0.05, 0.1) is 6.10 Å². The van der Waals surface area contributed by atoms with E-state index < -0.39 is 0 Å². The van der Waals surface area contributed by atoms with Crippen LogP contribution in [0.3, 0.4) is 0 Å². The van der Waals surface area contributed by atoms with Crippen molar-refractivity contribution in [3.8, 4) is 5.75 Å². The van der Waals surface area contributed by atoms with E-state index in [1.165, 1.54) is 5.56 Å². The number of rotatable bonds is 8. The summed E-state index contributed by atoms with van der Waals surface area (Å²) >= 11 is 0. The van der Waals surface area contributed by atoms with Gasteiger partial charge in [0.15, 0.2) is 0 Å². The van der Waals surface area contributed by atoms with E-state index in [9.17, 15) is 5.11 Å². The van der Waals surface area contributed by atoms with Crippen LogP contribution in [0.1, 0.15) is 31.7 Å². The van der Waals surface area contributed by atoms with Crippen molar-refractivity contribution >= 4 is 0 Å². The maximum Gasteiger partial charge on any atom is 0.119 e. The van der Waals surface area contributed by atoms with E-state index in [0.717, 1.165) is 31.4 Å². The van der Waals surface area contributed by atoms with Crippen molar-refractivity contribution in [3.05, 3.63) is 29.8 Å². The fraction of sp³-hybridized carbons (Fsp3) is 0.571. The van der Waals surface area contributed by atoms with Crippen LogP contribution in [-0.4, -0.2) is 24.4 Å². The summed E-state index contributed by atoms with van der Waals surface area (Å²) in [4.78, 5) is 0. The van der Waals surface area contributed by atoms with Crippen LogP contribution in [-0.2, 0) is 6.42 Å². The molecule has 1 aromatic carbocycles. The summed E-state index contributed by atoms with van der Waals surface area (Å²) < 4.78 is 5.56. The summed E-state index contributed by atoms with van der Waals surface area (Å²) in [5.74, 6) is 0.828. The zero-order chi connectivity index (χ0) is 12.5. The van der Waals surface area contributed by atoms with Crippen molar-refractivity contribution in [3.63, 3.8) is 0 Å². The van der Waals surface area contributed by atoms with Gasteiger partial charge in [-0.2, -0.15) is 0 Å². The van der Waals surface area contributed by atoms with Crippen molar-refractivity contribution in [2.75, 3.05) is 13.2 Å². The third-order valence-electron chi connectivity index (χ3n) is 2.63. The molecule has 0 radical (unpaired) electrons. The average Bonchev–Trinajstić information content (AvgIpc) is 2.35. The largest absolute Gasteiger partial charge is 0.491 e. The van der Waals surface area contributed by atoms with Gasteiger partial charge in [-0.15, -0.1) is 0 Å². The first-order chi connectivity index (χ1) is 8.26. The van der Waals surface area contributed by atoms with Crippen molar-refractivity contribution < 1.29 is 9.84 Å². The highest BCUT2D eigenvalue weighted by molar-refractivity contribution is 5.28. The molecule has 1 rings (SSSR count). The number of nitrogens with two attached hydrogens (primary N) is 1. The Labute approximate surface area is 104 Å². The number of ether oxygens (including phenoxy) is 1. The highest BCUT2D eigenvalue weighted by atomic mass is 16.5. The molecule has 0 aliphatic rings. The molecule has 0 saturated carbocycles. The molecule has 1 aromatic rings. The van der Waals surface area contributed by atoms with Gasteiger partial charge in [0.25, 0.3) is 0 Å². The maximum absolute atomic E-state index is 9.58. The van der Waals surface area contributed by atoms with E-state index in [4.69, 9.17) is 10.5 Å². The number of aryl methyl sites for hydroxylation is 1. The molecule has 3 N–H and O–H groups in total. The summed E-state index contributed by atoms with van der Waals surface area (Å²) in [7, 11) is 0. The number of aliphatic hydroxyl groups is 1. The van der Waals surface area contributed by atoms with Gasteiger partial charge in [-0.1, -0.05) is 25.5 Å². The van der Waals surface area contributed by atoms with Crippen LogP contribution in [0.2, 0.25) is 0 Å². The highest BCUT2D eigenvalue weighted by Gasteiger charge is 2.04. The molecule has 0 saturated heterocycles. The second-order valence-corrected chi connectivity index (χ2v) is 4.29. The van der Waals surface area contributed by atoms with Crippen LogP contribution in [0.15, 0.2) is 24.3 Å². The summed E-state index contributed by atoms with van der Waals surface area (Å²) in [6.07, 6.45) is 3.36. The van der Waals surface area contributed by atoms with Crippen LogP contribution >= 0.6 is 0 Å². The van der Waals surface area contributed by atoms with Crippen LogP contribution in [0.5, 0.6) is 5.75 Å². The van der Waals surface area contributed by atoms with Crippen molar-refractivity contribution in [2.24, 2.45) is 5.73 Å². The summed E-state index contributed by atoms with van der Waals surface area (Å²) in [5, 5.41) is 9.58. The number of hydrogen-bond donors (Lipinski definition) is 2. The van der Waals surface area contributed by atoms with Gasteiger partial charge in [-0.3, -0.25) is 0 Å². The van der Waals surface area contributed by atoms with Crippen LogP contribution in [0.4, 0.5) is 0 Å². The summed E-state index contributed by atoms with van der Waals surface area (Å²) in [6.45, 7) is 3.13. The van der Waals surface area contributed by atoms with E-state index in [1.54, 1.807) is 0 Å². The third kappa shape index (κ3) is 5.71. The van der Waals surface area contributed by atoms with E-state index >= 15 is 0 Å². The van der Waals surface area contributed by atoms with Gasteiger partial charge in [-0.05, 0) is 43.5 Å². The van der Waals surface area contributed by atoms with E-state index in [-0.39, 0.29) is 6.10 Å². The normalized spacial score (nSPS) is 12.4. The Morgan fingerprint density at radius 3 is 2.94 bits per heavy atom. The van der Waals surface area contributed by atoms with Crippen LogP contribution in [0.25, 0.3) is 0 Å². The first-order valence-electron chi connectivity index (χ1n) is 6.36.